The van der Waals surface area contributed by atoms with Crippen molar-refractivity contribution in [3.8, 4) is 5.75 Å². The first-order chi connectivity index (χ1) is 14.3. The Hall–Kier alpha value is -2.98. The second-order valence-corrected chi connectivity index (χ2v) is 7.40. The molecule has 158 valence electrons. The number of amides is 3. The van der Waals surface area contributed by atoms with Crippen LogP contribution < -0.4 is 26.2 Å². The minimum atomic E-state index is -0.474. The Bertz CT molecular complexity index is 950. The maximum atomic E-state index is 12.1. The fourth-order valence-corrected chi connectivity index (χ4v) is 2.60. The average Bonchev–Trinajstić information content (AvgIpc) is 2.73. The van der Waals surface area contributed by atoms with E-state index in [1.165, 1.54) is 0 Å². The molecular formula is C20H21BrN4O4S. The molecule has 0 aromatic heterocycles. The second kappa shape index (κ2) is 11.3. The fourth-order valence-electron chi connectivity index (χ4n) is 2.19. The highest BCUT2D eigenvalue weighted by Gasteiger charge is 2.09. The zero-order valence-corrected chi connectivity index (χ0v) is 18.8. The van der Waals surface area contributed by atoms with Crippen LogP contribution in [-0.4, -0.2) is 29.4 Å². The van der Waals surface area contributed by atoms with Crippen LogP contribution in [0.25, 0.3) is 0 Å². The van der Waals surface area contributed by atoms with E-state index >= 15 is 0 Å². The van der Waals surface area contributed by atoms with Crippen molar-refractivity contribution in [3.05, 3.63) is 58.1 Å². The molecule has 10 heteroatoms. The Labute approximate surface area is 187 Å². The molecule has 0 atom stereocenters. The van der Waals surface area contributed by atoms with Crippen molar-refractivity contribution in [2.24, 2.45) is 0 Å². The summed E-state index contributed by atoms with van der Waals surface area (Å²) in [5.74, 6) is -0.495. The average molecular weight is 493 g/mol. The van der Waals surface area contributed by atoms with Crippen LogP contribution in [0.5, 0.6) is 5.75 Å². The molecule has 0 aliphatic heterocycles. The van der Waals surface area contributed by atoms with Crippen molar-refractivity contribution in [3.63, 3.8) is 0 Å². The van der Waals surface area contributed by atoms with Gasteiger partial charge in [0.25, 0.3) is 11.8 Å². The van der Waals surface area contributed by atoms with E-state index in [1.807, 2.05) is 13.0 Å². The molecule has 0 aliphatic carbocycles. The largest absolute Gasteiger partial charge is 0.484 e. The number of hydrogen-bond acceptors (Lipinski definition) is 5. The van der Waals surface area contributed by atoms with Gasteiger partial charge in [0.15, 0.2) is 11.7 Å². The molecule has 30 heavy (non-hydrogen) atoms. The molecule has 0 spiro atoms. The van der Waals surface area contributed by atoms with Crippen molar-refractivity contribution in [1.29, 1.82) is 0 Å². The Kier molecular flexibility index (Phi) is 8.75. The van der Waals surface area contributed by atoms with Gasteiger partial charge in [-0.2, -0.15) is 0 Å². The number of rotatable bonds is 6. The lowest BCUT2D eigenvalue weighted by Crippen LogP contribution is -2.49. The van der Waals surface area contributed by atoms with Crippen LogP contribution in [0.3, 0.4) is 0 Å². The zero-order valence-electron chi connectivity index (χ0n) is 16.4. The van der Waals surface area contributed by atoms with Crippen LogP contribution in [0.2, 0.25) is 0 Å². The molecule has 2 aromatic rings. The predicted octanol–water partition coefficient (Wildman–Crippen LogP) is 2.82. The van der Waals surface area contributed by atoms with Gasteiger partial charge < -0.3 is 10.1 Å². The lowest BCUT2D eigenvalue weighted by atomic mass is 10.2. The summed E-state index contributed by atoms with van der Waals surface area (Å²) in [6, 6.07) is 11.7. The van der Waals surface area contributed by atoms with Gasteiger partial charge in [-0.15, -0.1) is 0 Å². The van der Waals surface area contributed by atoms with Gasteiger partial charge in [-0.05, 0) is 67.2 Å². The van der Waals surface area contributed by atoms with E-state index in [0.29, 0.717) is 23.4 Å². The van der Waals surface area contributed by atoms with Crippen LogP contribution in [0.4, 0.5) is 5.69 Å². The molecule has 0 unspecified atom stereocenters. The molecule has 0 saturated carbocycles. The minimum absolute atomic E-state index is 0.0734. The number of carbonyl (C=O) groups excluding carboxylic acids is 3. The van der Waals surface area contributed by atoms with Gasteiger partial charge >= 0.3 is 0 Å². The summed E-state index contributed by atoms with van der Waals surface area (Å²) >= 11 is 8.37. The maximum absolute atomic E-state index is 12.1. The van der Waals surface area contributed by atoms with Crippen LogP contribution in [0.1, 0.15) is 29.3 Å². The van der Waals surface area contributed by atoms with Gasteiger partial charge in [0, 0.05) is 22.1 Å². The molecule has 0 saturated heterocycles. The number of nitrogens with one attached hydrogen (secondary N) is 4. The van der Waals surface area contributed by atoms with Crippen molar-refractivity contribution in [1.82, 2.24) is 16.2 Å². The Morgan fingerprint density at radius 1 is 1.03 bits per heavy atom. The summed E-state index contributed by atoms with van der Waals surface area (Å²) in [5, 5.41) is 5.02. The van der Waals surface area contributed by atoms with Crippen molar-refractivity contribution in [2.75, 3.05) is 11.9 Å². The van der Waals surface area contributed by atoms with Crippen molar-refractivity contribution >= 4 is 56.7 Å². The van der Waals surface area contributed by atoms with E-state index in [-0.39, 0.29) is 17.6 Å². The number of thiocarbonyl (C=S) groups is 1. The van der Waals surface area contributed by atoms with E-state index in [1.54, 1.807) is 43.3 Å². The number of benzene rings is 2. The number of anilines is 1. The summed E-state index contributed by atoms with van der Waals surface area (Å²) < 4.78 is 6.35. The van der Waals surface area contributed by atoms with Crippen molar-refractivity contribution in [2.45, 2.75) is 20.3 Å². The fraction of sp³-hybridized carbons (Fsp3) is 0.200. The molecule has 2 rings (SSSR count). The maximum Gasteiger partial charge on any atom is 0.269 e. The quantitative estimate of drug-likeness (QED) is 0.364. The van der Waals surface area contributed by atoms with Crippen LogP contribution in [0, 0.1) is 6.92 Å². The van der Waals surface area contributed by atoms with E-state index in [2.05, 4.69) is 37.4 Å². The first-order valence-corrected chi connectivity index (χ1v) is 10.2. The minimum Gasteiger partial charge on any atom is -0.484 e. The normalized spacial score (nSPS) is 9.97. The molecule has 0 radical (unpaired) electrons. The smallest absolute Gasteiger partial charge is 0.269 e. The number of hydrogen-bond donors (Lipinski definition) is 4. The molecule has 3 amide bonds. The van der Waals surface area contributed by atoms with Crippen LogP contribution in [0.15, 0.2) is 46.9 Å². The predicted molar refractivity (Wildman–Crippen MR) is 121 cm³/mol. The monoisotopic (exact) mass is 492 g/mol. The number of carbonyl (C=O) groups is 3. The number of halogens is 1. The van der Waals surface area contributed by atoms with Crippen molar-refractivity contribution < 1.29 is 19.1 Å². The summed E-state index contributed by atoms with van der Waals surface area (Å²) in [7, 11) is 0. The third-order valence-electron chi connectivity index (χ3n) is 3.79. The highest BCUT2D eigenvalue weighted by Crippen LogP contribution is 2.21. The van der Waals surface area contributed by atoms with Crippen LogP contribution >= 0.6 is 28.1 Å². The van der Waals surface area contributed by atoms with E-state index in [0.717, 1.165) is 10.0 Å². The molecule has 2 aromatic carbocycles. The highest BCUT2D eigenvalue weighted by molar-refractivity contribution is 9.10. The Morgan fingerprint density at radius 2 is 1.73 bits per heavy atom. The number of ether oxygens (including phenoxy) is 1. The summed E-state index contributed by atoms with van der Waals surface area (Å²) in [4.78, 5) is 35.4. The number of aryl methyl sites for hydroxylation is 1. The second-order valence-electron chi connectivity index (χ2n) is 6.14. The number of hydrazine groups is 1. The van der Waals surface area contributed by atoms with Gasteiger partial charge in [-0.1, -0.05) is 22.9 Å². The van der Waals surface area contributed by atoms with E-state index in [9.17, 15) is 14.4 Å². The van der Waals surface area contributed by atoms with Crippen LogP contribution in [-0.2, 0) is 9.59 Å². The lowest BCUT2D eigenvalue weighted by Gasteiger charge is -2.12. The van der Waals surface area contributed by atoms with Gasteiger partial charge in [-0.25, -0.2) is 0 Å². The van der Waals surface area contributed by atoms with Gasteiger partial charge in [-0.3, -0.25) is 30.6 Å². The van der Waals surface area contributed by atoms with Gasteiger partial charge in [0.05, 0.1) is 0 Å². The molecule has 4 N–H and O–H groups in total. The molecule has 0 heterocycles. The third-order valence-corrected chi connectivity index (χ3v) is 4.89. The van der Waals surface area contributed by atoms with E-state index < -0.39 is 11.8 Å². The Morgan fingerprint density at radius 3 is 2.37 bits per heavy atom. The SMILES string of the molecule is CCC(=O)Nc1ccc(C(=O)NNC(=S)NC(=O)COc2ccc(Br)c(C)c2)cc1. The molecule has 0 bridgehead atoms. The lowest BCUT2D eigenvalue weighted by molar-refractivity contribution is -0.121. The highest BCUT2D eigenvalue weighted by atomic mass is 79.9. The van der Waals surface area contributed by atoms with Gasteiger partial charge in [0.2, 0.25) is 5.91 Å². The Balaban J connectivity index is 1.75. The third kappa shape index (κ3) is 7.45. The van der Waals surface area contributed by atoms with E-state index in [4.69, 9.17) is 17.0 Å². The molecular weight excluding hydrogens is 472 g/mol. The molecule has 0 fully saturated rings. The van der Waals surface area contributed by atoms with Gasteiger partial charge in [0.1, 0.15) is 5.75 Å². The first-order valence-electron chi connectivity index (χ1n) is 8.97. The first kappa shape index (κ1) is 23.3. The molecule has 0 aliphatic rings. The zero-order chi connectivity index (χ0) is 22.1. The molecule has 8 nitrogen and oxygen atoms in total. The topological polar surface area (TPSA) is 109 Å². The summed E-state index contributed by atoms with van der Waals surface area (Å²) in [5.41, 5.74) is 6.76. The standard InChI is InChI=1S/C20H21BrN4O4S/c1-3-17(26)22-14-6-4-13(5-7-14)19(28)24-25-20(30)23-18(27)11-29-15-8-9-16(21)12(2)10-15/h4-10H,3,11H2,1-2H3,(H,22,26)(H,24,28)(H2,23,25,27,30). The summed E-state index contributed by atoms with van der Waals surface area (Å²) in [6.45, 7) is 3.42. The summed E-state index contributed by atoms with van der Waals surface area (Å²) in [6.07, 6.45) is 0.364.